The zero-order valence-electron chi connectivity index (χ0n) is 28.3. The van der Waals surface area contributed by atoms with Gasteiger partial charge < -0.3 is 29.3 Å². The largest absolute Gasteiger partial charge is 0.494 e. The molecule has 3 heterocycles. The number of anilines is 1. The number of aliphatic hydroxyl groups is 1. The van der Waals surface area contributed by atoms with Crippen molar-refractivity contribution >= 4 is 23.4 Å². The van der Waals surface area contributed by atoms with Crippen LogP contribution in [0.25, 0.3) is 0 Å². The molecule has 0 aromatic heterocycles. The van der Waals surface area contributed by atoms with E-state index in [1.165, 1.54) is 0 Å². The van der Waals surface area contributed by atoms with Gasteiger partial charge in [-0.2, -0.15) is 0 Å². The van der Waals surface area contributed by atoms with Crippen LogP contribution in [0.3, 0.4) is 0 Å². The first kappa shape index (κ1) is 34.7. The Morgan fingerprint density at radius 2 is 1.76 bits per heavy atom. The van der Waals surface area contributed by atoms with E-state index in [1.54, 1.807) is 22.0 Å². The number of ether oxygens (including phenoxy) is 2. The number of likely N-dealkylation sites (tertiary alicyclic amines) is 1. The van der Waals surface area contributed by atoms with Gasteiger partial charge in [0.2, 0.25) is 17.7 Å². The lowest BCUT2D eigenvalue weighted by atomic mass is 9.70. The Morgan fingerprint density at radius 1 is 1.11 bits per heavy atom. The van der Waals surface area contributed by atoms with Gasteiger partial charge in [-0.05, 0) is 76.1 Å². The maximum Gasteiger partial charge on any atom is 0.249 e. The number of hydrogen-bond acceptors (Lipinski definition) is 6. The smallest absolute Gasteiger partial charge is 0.249 e. The Kier molecular flexibility index (Phi) is 10.2. The van der Waals surface area contributed by atoms with Crippen molar-refractivity contribution in [2.24, 2.45) is 17.3 Å². The Balaban J connectivity index is 1.78. The van der Waals surface area contributed by atoms with E-state index in [1.807, 2.05) is 56.9 Å². The highest BCUT2D eigenvalue weighted by atomic mass is 16.5. The summed E-state index contributed by atoms with van der Waals surface area (Å²) in [6.45, 7) is 22.9. The van der Waals surface area contributed by atoms with Crippen LogP contribution in [-0.2, 0) is 19.1 Å². The zero-order chi connectivity index (χ0) is 33.3. The van der Waals surface area contributed by atoms with E-state index in [4.69, 9.17) is 9.47 Å². The number of rotatable bonds is 14. The average molecular weight is 624 g/mol. The van der Waals surface area contributed by atoms with Gasteiger partial charge in [0.1, 0.15) is 17.4 Å². The Hall–Kier alpha value is -3.17. The van der Waals surface area contributed by atoms with Crippen LogP contribution in [0, 0.1) is 17.3 Å². The molecule has 3 saturated heterocycles. The zero-order valence-corrected chi connectivity index (χ0v) is 28.3. The normalized spacial score (nSPS) is 26.4. The topological polar surface area (TPSA) is 99.6 Å². The van der Waals surface area contributed by atoms with Gasteiger partial charge in [0, 0.05) is 24.3 Å². The van der Waals surface area contributed by atoms with Crippen LogP contribution in [0.2, 0.25) is 0 Å². The predicted molar refractivity (Wildman–Crippen MR) is 176 cm³/mol. The molecule has 0 radical (unpaired) electrons. The molecule has 4 rings (SSSR count). The molecule has 45 heavy (non-hydrogen) atoms. The Morgan fingerprint density at radius 3 is 2.29 bits per heavy atom. The second kappa shape index (κ2) is 13.3. The summed E-state index contributed by atoms with van der Waals surface area (Å²) in [5.41, 5.74) is -1.13. The van der Waals surface area contributed by atoms with Crippen molar-refractivity contribution in [3.8, 4) is 5.75 Å². The molecular formula is C36H53N3O6. The fourth-order valence-electron chi connectivity index (χ4n) is 8.29. The van der Waals surface area contributed by atoms with Crippen molar-refractivity contribution in [1.82, 2.24) is 9.80 Å². The van der Waals surface area contributed by atoms with E-state index in [2.05, 4.69) is 33.9 Å². The fraction of sp³-hybridized carbons (Fsp3) is 0.639. The summed E-state index contributed by atoms with van der Waals surface area (Å²) in [4.78, 5) is 49.0. The minimum absolute atomic E-state index is 0.0679. The van der Waals surface area contributed by atoms with Crippen molar-refractivity contribution in [1.29, 1.82) is 0 Å². The molecule has 1 spiro atoms. The third-order valence-corrected chi connectivity index (χ3v) is 9.64. The first-order valence-electron chi connectivity index (χ1n) is 16.4. The third-order valence-electron chi connectivity index (χ3n) is 9.64. The molecule has 1 aromatic carbocycles. The maximum absolute atomic E-state index is 14.9. The highest BCUT2D eigenvalue weighted by molar-refractivity contribution is 6.03. The van der Waals surface area contributed by atoms with Crippen molar-refractivity contribution in [2.45, 2.75) is 103 Å². The molecule has 1 N–H and O–H groups in total. The van der Waals surface area contributed by atoms with Crippen molar-refractivity contribution in [3.63, 3.8) is 0 Å². The molecule has 248 valence electrons. The number of nitrogens with zero attached hydrogens (tertiary/aromatic N) is 3. The van der Waals surface area contributed by atoms with Crippen LogP contribution in [0.1, 0.15) is 74.1 Å². The summed E-state index contributed by atoms with van der Waals surface area (Å²) in [6.07, 6.45) is 5.10. The molecule has 2 bridgehead atoms. The average Bonchev–Trinajstić information content (AvgIpc) is 3.62. The lowest BCUT2D eigenvalue weighted by Crippen LogP contribution is -2.62. The second-order valence-electron chi connectivity index (χ2n) is 14.5. The van der Waals surface area contributed by atoms with E-state index in [-0.39, 0.29) is 36.3 Å². The lowest BCUT2D eigenvalue weighted by molar-refractivity contribution is -0.155. The first-order chi connectivity index (χ1) is 21.2. The summed E-state index contributed by atoms with van der Waals surface area (Å²) in [5, 5.41) is 10.5. The van der Waals surface area contributed by atoms with Crippen molar-refractivity contribution in [2.75, 3.05) is 31.2 Å². The number of amides is 3. The minimum Gasteiger partial charge on any atom is -0.494 e. The van der Waals surface area contributed by atoms with Gasteiger partial charge >= 0.3 is 0 Å². The molecule has 2 unspecified atom stereocenters. The number of carbonyl (C=O) groups is 3. The van der Waals surface area contributed by atoms with Crippen LogP contribution < -0.4 is 9.64 Å². The monoisotopic (exact) mass is 623 g/mol. The number of fused-ring (bicyclic) bond motifs is 1. The van der Waals surface area contributed by atoms with Gasteiger partial charge in [0.25, 0.3) is 0 Å². The number of aliphatic hydroxyl groups excluding tert-OH is 1. The van der Waals surface area contributed by atoms with E-state index in [0.29, 0.717) is 43.9 Å². The minimum atomic E-state index is -1.17. The van der Waals surface area contributed by atoms with Crippen LogP contribution in [0.4, 0.5) is 5.69 Å². The van der Waals surface area contributed by atoms with Gasteiger partial charge in [-0.1, -0.05) is 39.8 Å². The van der Waals surface area contributed by atoms with Gasteiger partial charge in [-0.15, -0.1) is 13.2 Å². The molecule has 3 amide bonds. The van der Waals surface area contributed by atoms with E-state index >= 15 is 0 Å². The van der Waals surface area contributed by atoms with Gasteiger partial charge in [-0.3, -0.25) is 14.4 Å². The fourth-order valence-corrected chi connectivity index (χ4v) is 8.29. The molecule has 1 aromatic rings. The summed E-state index contributed by atoms with van der Waals surface area (Å²) < 4.78 is 12.3. The lowest BCUT2D eigenvalue weighted by Gasteiger charge is -2.46. The Labute approximate surface area is 269 Å². The maximum atomic E-state index is 14.9. The Bertz CT molecular complexity index is 1270. The van der Waals surface area contributed by atoms with E-state index < -0.39 is 41.2 Å². The summed E-state index contributed by atoms with van der Waals surface area (Å²) in [7, 11) is 0. The SMILES string of the molecule is C=CCN(C(=O)[C@@H]1[C@@H]2CCC3(O2)C(C(=O)N(CC=C)C(C)(C)CC(C)(C)C)N([C@@H](CC)CO)C(=O)[C@H]13)c1ccc(OCC)cc1. The van der Waals surface area contributed by atoms with E-state index in [0.717, 1.165) is 6.42 Å². The second-order valence-corrected chi connectivity index (χ2v) is 14.5. The number of hydrogen-bond donors (Lipinski definition) is 1. The molecular weight excluding hydrogens is 570 g/mol. The van der Waals surface area contributed by atoms with Crippen LogP contribution in [-0.4, -0.2) is 88.3 Å². The van der Waals surface area contributed by atoms with Crippen molar-refractivity contribution in [3.05, 3.63) is 49.6 Å². The molecule has 0 saturated carbocycles. The van der Waals surface area contributed by atoms with Crippen LogP contribution in [0.5, 0.6) is 5.75 Å². The summed E-state index contributed by atoms with van der Waals surface area (Å²) in [6, 6.07) is 5.74. The van der Waals surface area contributed by atoms with Crippen molar-refractivity contribution < 1.29 is 29.0 Å². The summed E-state index contributed by atoms with van der Waals surface area (Å²) >= 11 is 0. The standard InChI is InChI=1S/C36H53N3O6/c1-10-20-37(25-14-16-26(17-15-25)44-13-4)31(41)28-27-18-19-36(45-27)29(28)32(42)39(24(12-3)22-40)30(36)33(43)38(21-11-2)35(8,9)23-34(5,6)7/h10-11,14-17,24,27-30,40H,1-2,12-13,18-23H2,3-9H3/t24-,27-,28+,29-,30?,36?/m0/s1. The van der Waals surface area contributed by atoms with Crippen LogP contribution >= 0.6 is 0 Å². The predicted octanol–water partition coefficient (Wildman–Crippen LogP) is 4.98. The molecule has 3 fully saturated rings. The van der Waals surface area contributed by atoms with Gasteiger partial charge in [0.05, 0.1) is 37.2 Å². The molecule has 3 aliphatic rings. The third kappa shape index (κ3) is 6.30. The molecule has 9 nitrogen and oxygen atoms in total. The number of benzene rings is 1. The molecule has 9 heteroatoms. The molecule has 0 aliphatic carbocycles. The molecule has 3 aliphatic heterocycles. The number of carbonyl (C=O) groups excluding carboxylic acids is 3. The van der Waals surface area contributed by atoms with Gasteiger partial charge in [-0.25, -0.2) is 0 Å². The van der Waals surface area contributed by atoms with Crippen LogP contribution in [0.15, 0.2) is 49.6 Å². The quantitative estimate of drug-likeness (QED) is 0.294. The highest BCUT2D eigenvalue weighted by Gasteiger charge is 2.75. The van der Waals surface area contributed by atoms with E-state index in [9.17, 15) is 19.5 Å². The first-order valence-corrected chi connectivity index (χ1v) is 16.4. The molecule has 6 atom stereocenters. The highest BCUT2D eigenvalue weighted by Crippen LogP contribution is 2.59. The van der Waals surface area contributed by atoms with Gasteiger partial charge in [0.15, 0.2) is 0 Å². The summed E-state index contributed by atoms with van der Waals surface area (Å²) in [5.74, 6) is -1.67.